The van der Waals surface area contributed by atoms with Gasteiger partial charge in [0, 0.05) is 23.5 Å². The Bertz CT molecular complexity index is 713. The maximum absolute atomic E-state index is 9.42. The molecule has 1 heterocycles. The van der Waals surface area contributed by atoms with Crippen LogP contribution in [0.4, 0.5) is 0 Å². The number of rotatable bonds is 2. The molecule has 0 spiro atoms. The Balaban J connectivity index is 1.86. The highest BCUT2D eigenvalue weighted by Gasteiger charge is 2.29. The van der Waals surface area contributed by atoms with E-state index in [4.69, 9.17) is 0 Å². The van der Waals surface area contributed by atoms with Crippen molar-refractivity contribution >= 4 is 5.71 Å². The summed E-state index contributed by atoms with van der Waals surface area (Å²) in [5, 5.41) is 13.0. The number of hydrogen-bond acceptors (Lipinski definition) is 2. The van der Waals surface area contributed by atoms with Crippen molar-refractivity contribution in [2.24, 2.45) is 5.16 Å². The monoisotopic (exact) mass is 294 g/mol. The lowest BCUT2D eigenvalue weighted by molar-refractivity contribution is 0.317. The Hall–Kier alpha value is -2.03. The molecule has 2 aliphatic carbocycles. The first-order valence-corrected chi connectivity index (χ1v) is 8.37. The van der Waals surface area contributed by atoms with E-state index < -0.39 is 0 Å². The molecule has 2 aromatic rings. The van der Waals surface area contributed by atoms with Gasteiger partial charge in [0.05, 0.1) is 5.71 Å². The molecule has 3 heteroatoms. The number of nitrogens with zero attached hydrogens (tertiary/aromatic N) is 2. The van der Waals surface area contributed by atoms with Crippen LogP contribution in [0.5, 0.6) is 0 Å². The Morgan fingerprint density at radius 3 is 2.50 bits per heavy atom. The van der Waals surface area contributed by atoms with Crippen LogP contribution in [-0.4, -0.2) is 15.5 Å². The third-order valence-electron chi connectivity index (χ3n) is 5.10. The van der Waals surface area contributed by atoms with Crippen molar-refractivity contribution in [3.63, 3.8) is 0 Å². The topological polar surface area (TPSA) is 37.5 Å². The first-order chi connectivity index (χ1) is 10.9. The van der Waals surface area contributed by atoms with Gasteiger partial charge in [-0.2, -0.15) is 0 Å². The van der Waals surface area contributed by atoms with Crippen LogP contribution in [0.1, 0.15) is 53.8 Å². The molecule has 0 saturated carbocycles. The Morgan fingerprint density at radius 2 is 1.68 bits per heavy atom. The minimum absolute atomic E-state index is 0.908. The first-order valence-electron chi connectivity index (χ1n) is 8.37. The molecule has 0 saturated heterocycles. The second-order valence-electron chi connectivity index (χ2n) is 6.43. The van der Waals surface area contributed by atoms with Crippen LogP contribution in [0.25, 0.3) is 0 Å². The molecule has 0 atom stereocenters. The van der Waals surface area contributed by atoms with E-state index in [9.17, 15) is 5.21 Å². The van der Waals surface area contributed by atoms with Gasteiger partial charge in [0.25, 0.3) is 0 Å². The lowest BCUT2D eigenvalue weighted by atomic mass is 9.88. The predicted molar refractivity (Wildman–Crippen MR) is 87.9 cm³/mol. The van der Waals surface area contributed by atoms with Crippen molar-refractivity contribution in [2.75, 3.05) is 0 Å². The molecule has 0 unspecified atom stereocenters. The largest absolute Gasteiger partial charge is 0.411 e. The minimum Gasteiger partial charge on any atom is -0.411 e. The Morgan fingerprint density at radius 1 is 0.909 bits per heavy atom. The second kappa shape index (κ2) is 5.64. The highest BCUT2D eigenvalue weighted by atomic mass is 16.4. The molecule has 0 fully saturated rings. The summed E-state index contributed by atoms with van der Waals surface area (Å²) >= 11 is 0. The van der Waals surface area contributed by atoms with Crippen molar-refractivity contribution in [3.8, 4) is 0 Å². The molecule has 114 valence electrons. The predicted octanol–water partition coefficient (Wildman–Crippen LogP) is 3.93. The molecule has 0 bridgehead atoms. The summed E-state index contributed by atoms with van der Waals surface area (Å²) in [6.07, 6.45) is 7.93. The van der Waals surface area contributed by atoms with Gasteiger partial charge in [-0.15, -0.1) is 0 Å². The normalized spacial score (nSPS) is 19.0. The van der Waals surface area contributed by atoms with Gasteiger partial charge in [-0.05, 0) is 56.1 Å². The van der Waals surface area contributed by atoms with Crippen molar-refractivity contribution in [2.45, 2.75) is 51.5 Å². The highest BCUT2D eigenvalue weighted by molar-refractivity contribution is 6.03. The number of fused-ring (bicyclic) bond motifs is 3. The average Bonchev–Trinajstić information content (AvgIpc) is 2.90. The molecule has 0 amide bonds. The molecule has 3 nitrogen and oxygen atoms in total. The summed E-state index contributed by atoms with van der Waals surface area (Å²) in [6.45, 7) is 0.942. The van der Waals surface area contributed by atoms with Crippen molar-refractivity contribution in [3.05, 3.63) is 58.4 Å². The second-order valence-corrected chi connectivity index (χ2v) is 6.43. The van der Waals surface area contributed by atoms with Crippen molar-refractivity contribution in [1.29, 1.82) is 0 Å². The van der Waals surface area contributed by atoms with Gasteiger partial charge >= 0.3 is 0 Å². The van der Waals surface area contributed by atoms with E-state index in [1.165, 1.54) is 40.9 Å². The molecule has 1 aromatic heterocycles. The quantitative estimate of drug-likeness (QED) is 0.661. The third kappa shape index (κ3) is 2.16. The molecular weight excluding hydrogens is 272 g/mol. The van der Waals surface area contributed by atoms with E-state index in [2.05, 4.69) is 40.1 Å². The lowest BCUT2D eigenvalue weighted by Gasteiger charge is -2.18. The highest BCUT2D eigenvalue weighted by Crippen LogP contribution is 2.35. The van der Waals surface area contributed by atoms with Crippen LogP contribution in [0.2, 0.25) is 0 Å². The van der Waals surface area contributed by atoms with E-state index in [1.807, 2.05) is 0 Å². The van der Waals surface area contributed by atoms with Gasteiger partial charge in [0.1, 0.15) is 0 Å². The number of hydrogen-bond donors (Lipinski definition) is 1. The van der Waals surface area contributed by atoms with E-state index in [-0.39, 0.29) is 0 Å². The van der Waals surface area contributed by atoms with Gasteiger partial charge in [-0.3, -0.25) is 0 Å². The molecule has 4 rings (SSSR count). The number of benzene rings is 1. The zero-order chi connectivity index (χ0) is 14.9. The minimum atomic E-state index is 0.908. The summed E-state index contributed by atoms with van der Waals surface area (Å²) in [5.74, 6) is 0. The standard InChI is InChI=1S/C19H22N2O/c22-20-16-10-6-12-18-19(16)15-9-4-5-11-17(15)21(18)13-14-7-2-1-3-8-14/h1-3,7-8,22H,4-6,9-13H2/b20-16+. The van der Waals surface area contributed by atoms with Crippen molar-refractivity contribution < 1.29 is 5.21 Å². The van der Waals surface area contributed by atoms with Crippen molar-refractivity contribution in [1.82, 2.24) is 4.57 Å². The van der Waals surface area contributed by atoms with E-state index in [1.54, 1.807) is 0 Å². The summed E-state index contributed by atoms with van der Waals surface area (Å²) in [6, 6.07) is 10.7. The number of oxime groups is 1. The maximum Gasteiger partial charge on any atom is 0.0888 e. The maximum atomic E-state index is 9.42. The Labute approximate surface area is 131 Å². The van der Waals surface area contributed by atoms with Crippen LogP contribution in [-0.2, 0) is 25.8 Å². The Kier molecular flexibility index (Phi) is 3.49. The molecule has 0 radical (unpaired) electrons. The number of aromatic nitrogens is 1. The van der Waals surface area contributed by atoms with Crippen LogP contribution in [0.3, 0.4) is 0 Å². The average molecular weight is 294 g/mol. The fraction of sp³-hybridized carbons (Fsp3) is 0.421. The summed E-state index contributed by atoms with van der Waals surface area (Å²) < 4.78 is 2.52. The molecule has 0 aliphatic heterocycles. The van der Waals surface area contributed by atoms with Crippen LogP contribution in [0.15, 0.2) is 35.5 Å². The SMILES string of the molecule is O/N=C1\CCCc2c1c1c(n2Cc2ccccc2)CCCC1. The zero-order valence-corrected chi connectivity index (χ0v) is 12.9. The summed E-state index contributed by atoms with van der Waals surface area (Å²) in [4.78, 5) is 0. The summed E-state index contributed by atoms with van der Waals surface area (Å²) in [5.41, 5.74) is 7.88. The van der Waals surface area contributed by atoms with E-state index >= 15 is 0 Å². The summed E-state index contributed by atoms with van der Waals surface area (Å²) in [7, 11) is 0. The fourth-order valence-electron chi connectivity index (χ4n) is 4.13. The molecule has 22 heavy (non-hydrogen) atoms. The smallest absolute Gasteiger partial charge is 0.0888 e. The van der Waals surface area contributed by atoms with Gasteiger partial charge in [0.2, 0.25) is 0 Å². The molecular formula is C19H22N2O. The molecule has 2 aliphatic rings. The van der Waals surface area contributed by atoms with Crippen LogP contribution >= 0.6 is 0 Å². The lowest BCUT2D eigenvalue weighted by Crippen LogP contribution is -2.15. The van der Waals surface area contributed by atoms with E-state index in [0.29, 0.717) is 0 Å². The van der Waals surface area contributed by atoms with Crippen LogP contribution < -0.4 is 0 Å². The first kappa shape index (κ1) is 13.6. The van der Waals surface area contributed by atoms with Gasteiger partial charge in [0.15, 0.2) is 0 Å². The zero-order valence-electron chi connectivity index (χ0n) is 12.9. The van der Waals surface area contributed by atoms with Gasteiger partial charge < -0.3 is 9.77 Å². The van der Waals surface area contributed by atoms with Gasteiger partial charge in [-0.1, -0.05) is 35.5 Å². The van der Waals surface area contributed by atoms with E-state index in [0.717, 1.165) is 44.4 Å². The fourth-order valence-corrected chi connectivity index (χ4v) is 4.13. The van der Waals surface area contributed by atoms with Crippen LogP contribution in [0, 0.1) is 0 Å². The molecule has 1 aromatic carbocycles. The molecule has 1 N–H and O–H groups in total. The van der Waals surface area contributed by atoms with Gasteiger partial charge in [-0.25, -0.2) is 0 Å². The third-order valence-corrected chi connectivity index (χ3v) is 5.10.